The number of carbonyl (C=O) groups excluding carboxylic acids is 1. The molecular weight excluding hydrogens is 330 g/mol. The molecule has 7 nitrogen and oxygen atoms in total. The highest BCUT2D eigenvalue weighted by Gasteiger charge is 2.21. The molecule has 0 aliphatic carbocycles. The van der Waals surface area contributed by atoms with Crippen LogP contribution in [0.4, 0.5) is 0 Å². The fourth-order valence-corrected chi connectivity index (χ4v) is 3.35. The van der Waals surface area contributed by atoms with Crippen LogP contribution in [0.25, 0.3) is 0 Å². The molecule has 0 aromatic carbocycles. The van der Waals surface area contributed by atoms with E-state index in [4.69, 9.17) is 4.42 Å². The van der Waals surface area contributed by atoms with Crippen LogP contribution in [-0.2, 0) is 24.8 Å². The summed E-state index contributed by atoms with van der Waals surface area (Å²) in [6.45, 7) is 7.53. The van der Waals surface area contributed by atoms with Crippen LogP contribution in [-0.4, -0.2) is 45.2 Å². The lowest BCUT2D eigenvalue weighted by Gasteiger charge is -2.31. The van der Waals surface area contributed by atoms with Gasteiger partial charge in [-0.05, 0) is 57.7 Å². The summed E-state index contributed by atoms with van der Waals surface area (Å²) in [6, 6.07) is 0. The Kier molecular flexibility index (Phi) is 6.08. The highest BCUT2D eigenvalue weighted by molar-refractivity contribution is 5.76. The number of rotatable bonds is 7. The molecular formula is C19H29N5O2. The standard InChI is InChI=1S/C19H29N5O2/c1-14-15(2)26-19(22-14)13-24-8-6-16(7-9-24)10-20-18(25)5-4-17-11-21-23(3)12-17/h11-12,16H,4-10,13H2,1-3H3,(H,20,25). The number of nitrogens with zero attached hydrogens (tertiary/aromatic N) is 4. The summed E-state index contributed by atoms with van der Waals surface area (Å²) in [5.74, 6) is 2.40. The van der Waals surface area contributed by atoms with E-state index in [0.29, 0.717) is 12.3 Å². The molecule has 1 N–H and O–H groups in total. The molecule has 7 heteroatoms. The lowest BCUT2D eigenvalue weighted by Crippen LogP contribution is -2.38. The Morgan fingerprint density at radius 3 is 2.73 bits per heavy atom. The van der Waals surface area contributed by atoms with Crippen molar-refractivity contribution in [2.45, 2.75) is 46.1 Å². The van der Waals surface area contributed by atoms with Crippen LogP contribution in [0.5, 0.6) is 0 Å². The molecule has 1 aliphatic heterocycles. The lowest BCUT2D eigenvalue weighted by atomic mass is 9.96. The van der Waals surface area contributed by atoms with E-state index < -0.39 is 0 Å². The molecule has 0 unspecified atom stereocenters. The molecule has 1 saturated heterocycles. The Hall–Kier alpha value is -2.15. The van der Waals surface area contributed by atoms with Gasteiger partial charge in [-0.1, -0.05) is 0 Å². The highest BCUT2D eigenvalue weighted by Crippen LogP contribution is 2.19. The first-order valence-corrected chi connectivity index (χ1v) is 9.39. The quantitative estimate of drug-likeness (QED) is 0.818. The van der Waals surface area contributed by atoms with E-state index in [1.54, 1.807) is 4.68 Å². The van der Waals surface area contributed by atoms with Gasteiger partial charge in [0, 0.05) is 26.2 Å². The molecule has 3 heterocycles. The number of likely N-dealkylation sites (tertiary alicyclic amines) is 1. The smallest absolute Gasteiger partial charge is 0.220 e. The number of aryl methyl sites for hydroxylation is 4. The normalized spacial score (nSPS) is 16.1. The van der Waals surface area contributed by atoms with E-state index in [9.17, 15) is 4.79 Å². The number of amides is 1. The number of nitrogens with one attached hydrogen (secondary N) is 1. The molecule has 1 amide bonds. The van der Waals surface area contributed by atoms with Gasteiger partial charge in [-0.25, -0.2) is 4.98 Å². The predicted molar refractivity (Wildman–Crippen MR) is 98.5 cm³/mol. The summed E-state index contributed by atoms with van der Waals surface area (Å²) in [5, 5.41) is 7.22. The minimum Gasteiger partial charge on any atom is -0.444 e. The van der Waals surface area contributed by atoms with E-state index >= 15 is 0 Å². The van der Waals surface area contributed by atoms with Crippen LogP contribution in [0.1, 0.15) is 42.2 Å². The van der Waals surface area contributed by atoms with Gasteiger partial charge >= 0.3 is 0 Å². The zero-order valence-electron chi connectivity index (χ0n) is 16.0. The average molecular weight is 359 g/mol. The van der Waals surface area contributed by atoms with Crippen molar-refractivity contribution in [2.75, 3.05) is 19.6 Å². The molecule has 1 fully saturated rings. The Morgan fingerprint density at radius 1 is 1.35 bits per heavy atom. The second-order valence-electron chi connectivity index (χ2n) is 7.30. The Balaban J connectivity index is 1.32. The van der Waals surface area contributed by atoms with Gasteiger partial charge in [-0.3, -0.25) is 14.4 Å². The topological polar surface area (TPSA) is 76.2 Å². The van der Waals surface area contributed by atoms with Gasteiger partial charge in [-0.15, -0.1) is 0 Å². The van der Waals surface area contributed by atoms with Gasteiger partial charge < -0.3 is 9.73 Å². The summed E-state index contributed by atoms with van der Waals surface area (Å²) in [7, 11) is 1.89. The van der Waals surface area contributed by atoms with Crippen LogP contribution in [0, 0.1) is 19.8 Å². The van der Waals surface area contributed by atoms with Gasteiger partial charge in [0.2, 0.25) is 11.8 Å². The van der Waals surface area contributed by atoms with Gasteiger partial charge in [0.15, 0.2) is 0 Å². The first kappa shape index (κ1) is 18.6. The van der Waals surface area contributed by atoms with Crippen LogP contribution in [0.3, 0.4) is 0 Å². The summed E-state index contributed by atoms with van der Waals surface area (Å²) in [6.07, 6.45) is 7.24. The summed E-state index contributed by atoms with van der Waals surface area (Å²) in [5.41, 5.74) is 2.08. The summed E-state index contributed by atoms with van der Waals surface area (Å²) < 4.78 is 7.44. The monoisotopic (exact) mass is 359 g/mol. The van der Waals surface area contributed by atoms with Gasteiger partial charge in [0.1, 0.15) is 5.76 Å². The van der Waals surface area contributed by atoms with E-state index in [0.717, 1.165) is 68.3 Å². The van der Waals surface area contributed by atoms with E-state index in [2.05, 4.69) is 20.3 Å². The predicted octanol–water partition coefficient (Wildman–Crippen LogP) is 1.99. The van der Waals surface area contributed by atoms with Gasteiger partial charge in [-0.2, -0.15) is 5.10 Å². The molecule has 142 valence electrons. The first-order valence-electron chi connectivity index (χ1n) is 9.39. The maximum atomic E-state index is 12.0. The molecule has 0 atom stereocenters. The van der Waals surface area contributed by atoms with Gasteiger partial charge in [0.25, 0.3) is 0 Å². The summed E-state index contributed by atoms with van der Waals surface area (Å²) >= 11 is 0. The molecule has 26 heavy (non-hydrogen) atoms. The van der Waals surface area contributed by atoms with Crippen LogP contribution < -0.4 is 5.32 Å². The van der Waals surface area contributed by atoms with Crippen molar-refractivity contribution in [1.82, 2.24) is 25.0 Å². The van der Waals surface area contributed by atoms with Crippen molar-refractivity contribution in [2.24, 2.45) is 13.0 Å². The van der Waals surface area contributed by atoms with Crippen molar-refractivity contribution < 1.29 is 9.21 Å². The van der Waals surface area contributed by atoms with Gasteiger partial charge in [0.05, 0.1) is 18.4 Å². The molecule has 3 rings (SSSR count). The van der Waals surface area contributed by atoms with E-state index in [-0.39, 0.29) is 5.91 Å². The lowest BCUT2D eigenvalue weighted by molar-refractivity contribution is -0.121. The average Bonchev–Trinajstić information content (AvgIpc) is 3.17. The molecule has 1 aliphatic rings. The third kappa shape index (κ3) is 5.17. The zero-order chi connectivity index (χ0) is 18.5. The molecule has 0 spiro atoms. The first-order chi connectivity index (χ1) is 12.5. The molecule has 2 aromatic heterocycles. The van der Waals surface area contributed by atoms with Crippen LogP contribution in [0.2, 0.25) is 0 Å². The number of hydrogen-bond donors (Lipinski definition) is 1. The fraction of sp³-hybridized carbons (Fsp3) is 0.632. The Bertz CT molecular complexity index is 709. The van der Waals surface area contributed by atoms with Crippen LogP contribution >= 0.6 is 0 Å². The van der Waals surface area contributed by atoms with Crippen molar-refractivity contribution >= 4 is 5.91 Å². The Morgan fingerprint density at radius 2 is 2.12 bits per heavy atom. The minimum atomic E-state index is 0.127. The number of hydrogen-bond acceptors (Lipinski definition) is 5. The molecule has 0 radical (unpaired) electrons. The minimum absolute atomic E-state index is 0.127. The van der Waals surface area contributed by atoms with Crippen molar-refractivity contribution in [3.8, 4) is 0 Å². The highest BCUT2D eigenvalue weighted by atomic mass is 16.4. The van der Waals surface area contributed by atoms with Crippen molar-refractivity contribution in [3.05, 3.63) is 35.3 Å². The second-order valence-corrected chi connectivity index (χ2v) is 7.30. The van der Waals surface area contributed by atoms with E-state index in [1.807, 2.05) is 33.3 Å². The third-order valence-electron chi connectivity index (χ3n) is 5.13. The van der Waals surface area contributed by atoms with Crippen molar-refractivity contribution in [3.63, 3.8) is 0 Å². The SMILES string of the molecule is Cc1nc(CN2CCC(CNC(=O)CCc3cnn(C)c3)CC2)oc1C. The summed E-state index contributed by atoms with van der Waals surface area (Å²) in [4.78, 5) is 18.9. The number of carbonyl (C=O) groups is 1. The third-order valence-corrected chi connectivity index (χ3v) is 5.13. The van der Waals surface area contributed by atoms with Crippen LogP contribution in [0.15, 0.2) is 16.8 Å². The number of aromatic nitrogens is 3. The maximum Gasteiger partial charge on any atom is 0.220 e. The van der Waals surface area contributed by atoms with E-state index in [1.165, 1.54) is 0 Å². The second kappa shape index (κ2) is 8.49. The van der Waals surface area contributed by atoms with Crippen molar-refractivity contribution in [1.29, 1.82) is 0 Å². The Labute approximate surface area is 154 Å². The number of piperidine rings is 1. The molecule has 2 aromatic rings. The largest absolute Gasteiger partial charge is 0.444 e. The zero-order valence-corrected chi connectivity index (χ0v) is 16.0. The fourth-order valence-electron chi connectivity index (χ4n) is 3.35. The molecule has 0 bridgehead atoms. The number of oxazole rings is 1. The maximum absolute atomic E-state index is 12.0. The molecule has 0 saturated carbocycles.